The number of rotatable bonds is 3. The third-order valence-electron chi connectivity index (χ3n) is 6.27. The number of anilines is 1. The first kappa shape index (κ1) is 21.6. The summed E-state index contributed by atoms with van der Waals surface area (Å²) in [5.74, 6) is -1.42. The molecule has 7 heteroatoms. The quantitative estimate of drug-likeness (QED) is 0.537. The number of halogens is 2. The summed E-state index contributed by atoms with van der Waals surface area (Å²) in [4.78, 5) is 29.3. The lowest BCUT2D eigenvalue weighted by Gasteiger charge is -2.33. The van der Waals surface area contributed by atoms with Gasteiger partial charge in [-0.2, -0.15) is 0 Å². The van der Waals surface area contributed by atoms with E-state index >= 15 is 0 Å². The molecule has 5 rings (SSSR count). The lowest BCUT2D eigenvalue weighted by atomic mass is 10.0. The van der Waals surface area contributed by atoms with Gasteiger partial charge in [-0.25, -0.2) is 8.78 Å². The lowest BCUT2D eigenvalue weighted by molar-refractivity contribution is -0.123. The first-order chi connectivity index (χ1) is 15.8. The summed E-state index contributed by atoms with van der Waals surface area (Å²) in [5, 5.41) is 0. The van der Waals surface area contributed by atoms with Crippen molar-refractivity contribution >= 4 is 29.3 Å². The maximum absolute atomic E-state index is 14.5. The third-order valence-corrected chi connectivity index (χ3v) is 7.69. The third kappa shape index (κ3) is 3.33. The number of carbonyl (C=O) groups excluding carboxylic acids is 2. The number of fused-ring (bicyclic) bond motifs is 2. The van der Waals surface area contributed by atoms with Gasteiger partial charge in [-0.05, 0) is 44.2 Å². The van der Waals surface area contributed by atoms with E-state index in [1.54, 1.807) is 23.1 Å². The molecule has 168 valence electrons. The Hall–Kier alpha value is -3.19. The minimum atomic E-state index is -1.26. The molecule has 0 radical (unpaired) electrons. The molecule has 0 N–H and O–H groups in total. The van der Waals surface area contributed by atoms with Gasteiger partial charge in [0.2, 0.25) is 0 Å². The van der Waals surface area contributed by atoms with E-state index in [1.165, 1.54) is 34.9 Å². The van der Waals surface area contributed by atoms with Crippen LogP contribution in [0.25, 0.3) is 0 Å². The minimum absolute atomic E-state index is 0.172. The van der Waals surface area contributed by atoms with Gasteiger partial charge in [0, 0.05) is 29.0 Å². The zero-order chi connectivity index (χ0) is 23.3. The van der Waals surface area contributed by atoms with Crippen LogP contribution >= 0.6 is 11.8 Å². The number of thioether (sulfide) groups is 1. The second kappa shape index (κ2) is 7.99. The maximum atomic E-state index is 14.5. The van der Waals surface area contributed by atoms with Gasteiger partial charge in [0.1, 0.15) is 11.6 Å². The van der Waals surface area contributed by atoms with Crippen molar-refractivity contribution in [2.24, 2.45) is 0 Å². The zero-order valence-corrected chi connectivity index (χ0v) is 19.1. The van der Waals surface area contributed by atoms with E-state index in [-0.39, 0.29) is 23.9 Å². The molecule has 3 aromatic carbocycles. The SMILES string of the molecule is Cc1ccc(C(=O)N2CCSC23C(=O)N(Cc2c(F)cccc2F)c2ccc(C)cc23)cc1. The van der Waals surface area contributed by atoms with Crippen molar-refractivity contribution in [3.05, 3.63) is 100 Å². The molecule has 2 heterocycles. The number of hydrogen-bond donors (Lipinski definition) is 0. The fourth-order valence-corrected chi connectivity index (χ4v) is 6.03. The van der Waals surface area contributed by atoms with E-state index in [4.69, 9.17) is 0 Å². The van der Waals surface area contributed by atoms with Gasteiger partial charge in [-0.3, -0.25) is 9.59 Å². The molecule has 2 amide bonds. The molecule has 1 unspecified atom stereocenters. The van der Waals surface area contributed by atoms with Gasteiger partial charge >= 0.3 is 0 Å². The molecular formula is C26H22F2N2O2S. The average Bonchev–Trinajstić information content (AvgIpc) is 3.33. The highest BCUT2D eigenvalue weighted by molar-refractivity contribution is 8.01. The Labute approximate surface area is 195 Å². The van der Waals surface area contributed by atoms with Crippen LogP contribution in [0, 0.1) is 25.5 Å². The van der Waals surface area contributed by atoms with Crippen LogP contribution in [0.3, 0.4) is 0 Å². The van der Waals surface area contributed by atoms with Gasteiger partial charge in [0.25, 0.3) is 11.8 Å². The van der Waals surface area contributed by atoms with Crippen molar-refractivity contribution in [2.75, 3.05) is 17.2 Å². The van der Waals surface area contributed by atoms with Crippen molar-refractivity contribution in [1.29, 1.82) is 0 Å². The van der Waals surface area contributed by atoms with Gasteiger partial charge in [0.05, 0.1) is 12.2 Å². The Balaban J connectivity index is 1.61. The number of aryl methyl sites for hydroxylation is 2. The summed E-state index contributed by atoms with van der Waals surface area (Å²) in [6.45, 7) is 4.02. The van der Waals surface area contributed by atoms with E-state index in [0.717, 1.165) is 11.1 Å². The van der Waals surface area contributed by atoms with E-state index in [2.05, 4.69) is 0 Å². The van der Waals surface area contributed by atoms with Crippen molar-refractivity contribution in [3.8, 4) is 0 Å². The van der Waals surface area contributed by atoms with Crippen LogP contribution in [0.5, 0.6) is 0 Å². The van der Waals surface area contributed by atoms with Crippen LogP contribution in [0.4, 0.5) is 14.5 Å². The smallest absolute Gasteiger partial charge is 0.268 e. The van der Waals surface area contributed by atoms with Crippen molar-refractivity contribution in [2.45, 2.75) is 25.3 Å². The highest BCUT2D eigenvalue weighted by Crippen LogP contribution is 2.55. The Morgan fingerprint density at radius 3 is 2.36 bits per heavy atom. The van der Waals surface area contributed by atoms with Gasteiger partial charge in [-0.15, -0.1) is 11.8 Å². The molecule has 33 heavy (non-hydrogen) atoms. The number of carbonyl (C=O) groups is 2. The molecule has 1 saturated heterocycles. The summed E-state index contributed by atoms with van der Waals surface area (Å²) in [6, 6.07) is 16.5. The molecule has 3 aromatic rings. The van der Waals surface area contributed by atoms with Crippen LogP contribution in [-0.4, -0.2) is 29.0 Å². The molecular weight excluding hydrogens is 442 g/mol. The summed E-state index contributed by atoms with van der Waals surface area (Å²) < 4.78 is 28.9. The first-order valence-electron chi connectivity index (χ1n) is 10.7. The summed E-state index contributed by atoms with van der Waals surface area (Å²) >= 11 is 1.40. The Bertz CT molecular complexity index is 1260. The molecule has 4 nitrogen and oxygen atoms in total. The first-order valence-corrected chi connectivity index (χ1v) is 11.7. The molecule has 0 aromatic heterocycles. The highest BCUT2D eigenvalue weighted by atomic mass is 32.2. The minimum Gasteiger partial charge on any atom is -0.311 e. The lowest BCUT2D eigenvalue weighted by Crippen LogP contribution is -2.50. The largest absolute Gasteiger partial charge is 0.311 e. The molecule has 2 aliphatic heterocycles. The molecule has 0 saturated carbocycles. The molecule has 1 spiro atoms. The predicted octanol–water partition coefficient (Wildman–Crippen LogP) is 5.17. The predicted molar refractivity (Wildman–Crippen MR) is 125 cm³/mol. The van der Waals surface area contributed by atoms with Gasteiger partial charge in [0.15, 0.2) is 4.87 Å². The second-order valence-corrected chi connectivity index (χ2v) is 9.72. The normalized spacial score (nSPS) is 19.5. The van der Waals surface area contributed by atoms with E-state index in [0.29, 0.717) is 29.1 Å². The average molecular weight is 465 g/mol. The maximum Gasteiger partial charge on any atom is 0.268 e. The van der Waals surface area contributed by atoms with Crippen LogP contribution in [0.1, 0.15) is 32.6 Å². The van der Waals surface area contributed by atoms with Crippen molar-refractivity contribution < 1.29 is 18.4 Å². The molecule has 0 bridgehead atoms. The number of nitrogens with zero attached hydrogens (tertiary/aromatic N) is 2. The second-order valence-electron chi connectivity index (χ2n) is 8.43. The Kier molecular flexibility index (Phi) is 5.24. The fourth-order valence-electron chi connectivity index (χ4n) is 4.58. The van der Waals surface area contributed by atoms with Crippen molar-refractivity contribution in [3.63, 3.8) is 0 Å². The summed E-state index contributed by atoms with van der Waals surface area (Å²) in [6.07, 6.45) is 0. The molecule has 1 atom stereocenters. The molecule has 0 aliphatic carbocycles. The molecule has 1 fully saturated rings. The number of amides is 2. The van der Waals surface area contributed by atoms with E-state index in [9.17, 15) is 18.4 Å². The van der Waals surface area contributed by atoms with Gasteiger partial charge < -0.3 is 9.80 Å². The number of hydrogen-bond acceptors (Lipinski definition) is 3. The Morgan fingerprint density at radius 1 is 1.00 bits per heavy atom. The zero-order valence-electron chi connectivity index (χ0n) is 18.3. The summed E-state index contributed by atoms with van der Waals surface area (Å²) in [5.41, 5.74) is 3.57. The standard InChI is InChI=1S/C26H22F2N2O2S/c1-16-6-9-18(10-7-16)24(31)30-12-13-33-26(30)20-14-17(2)8-11-23(20)29(25(26)32)15-19-21(27)4-3-5-22(19)28/h3-11,14H,12-13,15H2,1-2H3. The monoisotopic (exact) mass is 464 g/mol. The van der Waals surface area contributed by atoms with Crippen LogP contribution in [0.15, 0.2) is 60.7 Å². The number of benzene rings is 3. The Morgan fingerprint density at radius 2 is 1.67 bits per heavy atom. The van der Waals surface area contributed by atoms with Crippen LogP contribution < -0.4 is 4.90 Å². The topological polar surface area (TPSA) is 40.6 Å². The van der Waals surface area contributed by atoms with E-state index < -0.39 is 16.5 Å². The van der Waals surface area contributed by atoms with Crippen LogP contribution in [0.2, 0.25) is 0 Å². The summed E-state index contributed by atoms with van der Waals surface area (Å²) in [7, 11) is 0. The molecule has 2 aliphatic rings. The van der Waals surface area contributed by atoms with Crippen LogP contribution in [-0.2, 0) is 16.2 Å². The van der Waals surface area contributed by atoms with Crippen molar-refractivity contribution in [1.82, 2.24) is 4.90 Å². The van der Waals surface area contributed by atoms with E-state index in [1.807, 2.05) is 38.1 Å². The fraction of sp³-hybridized carbons (Fsp3) is 0.231. The van der Waals surface area contributed by atoms with Gasteiger partial charge in [-0.1, -0.05) is 41.5 Å². The highest BCUT2D eigenvalue weighted by Gasteiger charge is 2.59.